The van der Waals surface area contributed by atoms with Gasteiger partial charge in [-0.2, -0.15) is 5.10 Å². The third-order valence-electron chi connectivity index (χ3n) is 5.08. The van der Waals surface area contributed by atoms with Crippen molar-refractivity contribution in [2.24, 2.45) is 5.10 Å². The summed E-state index contributed by atoms with van der Waals surface area (Å²) in [5.74, 6) is 0.196. The summed E-state index contributed by atoms with van der Waals surface area (Å²) in [5, 5.41) is 12.5. The highest BCUT2D eigenvalue weighted by molar-refractivity contribution is 6.30. The van der Waals surface area contributed by atoms with E-state index in [4.69, 9.17) is 20.8 Å². The third-order valence-corrected chi connectivity index (χ3v) is 5.33. The van der Waals surface area contributed by atoms with E-state index in [9.17, 15) is 9.59 Å². The van der Waals surface area contributed by atoms with Crippen molar-refractivity contribution in [3.63, 3.8) is 0 Å². The van der Waals surface area contributed by atoms with E-state index in [1.807, 2.05) is 24.3 Å². The molecule has 170 valence electrons. The van der Waals surface area contributed by atoms with Crippen molar-refractivity contribution in [3.05, 3.63) is 83.3 Å². The van der Waals surface area contributed by atoms with Crippen LogP contribution in [0.2, 0.25) is 5.02 Å². The van der Waals surface area contributed by atoms with Gasteiger partial charge in [0.25, 0.3) is 5.91 Å². The predicted octanol–water partition coefficient (Wildman–Crippen LogP) is 4.31. The second-order valence-corrected chi connectivity index (χ2v) is 7.88. The first-order valence-electron chi connectivity index (χ1n) is 10.3. The lowest BCUT2D eigenvalue weighted by Crippen LogP contribution is -2.32. The lowest BCUT2D eigenvalue weighted by atomic mass is 10.0. The number of halogens is 1. The van der Waals surface area contributed by atoms with Crippen molar-refractivity contribution in [2.75, 3.05) is 30.9 Å². The summed E-state index contributed by atoms with van der Waals surface area (Å²) < 4.78 is 10.4. The third kappa shape index (κ3) is 5.60. The van der Waals surface area contributed by atoms with Crippen LogP contribution in [0.25, 0.3) is 0 Å². The van der Waals surface area contributed by atoms with Gasteiger partial charge < -0.3 is 19.8 Å². The summed E-state index contributed by atoms with van der Waals surface area (Å²) in [5.41, 5.74) is 2.98. The minimum atomic E-state index is -0.334. The van der Waals surface area contributed by atoms with Crippen LogP contribution in [0, 0.1) is 0 Å². The monoisotopic (exact) mass is 466 g/mol. The van der Waals surface area contributed by atoms with Gasteiger partial charge in [-0.05, 0) is 48.0 Å². The number of anilines is 2. The molecule has 0 spiro atoms. The Balaban J connectivity index is 1.47. The number of rotatable bonds is 8. The fraction of sp³-hybridized carbons (Fsp3) is 0.208. The number of hydrogen-bond acceptors (Lipinski definition) is 6. The van der Waals surface area contributed by atoms with E-state index in [2.05, 4.69) is 15.7 Å². The molecule has 2 N–H and O–H groups in total. The molecule has 33 heavy (non-hydrogen) atoms. The maximum Gasteiger partial charge on any atom is 0.262 e. The summed E-state index contributed by atoms with van der Waals surface area (Å²) in [7, 11) is 1.46. The van der Waals surface area contributed by atoms with Gasteiger partial charge in [0.1, 0.15) is 18.4 Å². The van der Waals surface area contributed by atoms with Gasteiger partial charge in [0.15, 0.2) is 0 Å². The highest BCUT2D eigenvalue weighted by Gasteiger charge is 2.34. The molecule has 0 aliphatic carbocycles. The summed E-state index contributed by atoms with van der Waals surface area (Å²) in [6.45, 7) is -0.0166. The first-order chi connectivity index (χ1) is 16.0. The van der Waals surface area contributed by atoms with Crippen LogP contribution in [-0.2, 0) is 14.3 Å². The van der Waals surface area contributed by atoms with Gasteiger partial charge >= 0.3 is 0 Å². The molecule has 1 aliphatic rings. The minimum absolute atomic E-state index is 0.0179. The van der Waals surface area contributed by atoms with Crippen molar-refractivity contribution in [3.8, 4) is 0 Å². The molecular formula is C24H23ClN4O4. The summed E-state index contributed by atoms with van der Waals surface area (Å²) in [6, 6.07) is 17.8. The Morgan fingerprint density at radius 1 is 1.15 bits per heavy atom. The molecule has 3 aromatic rings. The van der Waals surface area contributed by atoms with Crippen LogP contribution in [0.5, 0.6) is 0 Å². The maximum absolute atomic E-state index is 13.1. The second kappa shape index (κ2) is 10.3. The topological polar surface area (TPSA) is 96.2 Å². The van der Waals surface area contributed by atoms with Crippen molar-refractivity contribution >= 4 is 40.5 Å². The Hall–Kier alpha value is -3.62. The highest BCUT2D eigenvalue weighted by Crippen LogP contribution is 2.33. The van der Waals surface area contributed by atoms with E-state index in [1.165, 1.54) is 12.1 Å². The molecule has 1 aliphatic heterocycles. The average Bonchev–Trinajstić information content (AvgIpc) is 3.48. The molecule has 0 saturated heterocycles. The van der Waals surface area contributed by atoms with Crippen LogP contribution in [0.1, 0.15) is 23.8 Å². The molecule has 1 atom stereocenters. The number of benzene rings is 2. The van der Waals surface area contributed by atoms with E-state index < -0.39 is 0 Å². The number of nitrogens with zero attached hydrogens (tertiary/aromatic N) is 2. The predicted molar refractivity (Wildman–Crippen MR) is 126 cm³/mol. The quantitative estimate of drug-likeness (QED) is 0.515. The molecule has 4 rings (SSSR count). The van der Waals surface area contributed by atoms with E-state index in [0.717, 1.165) is 11.3 Å². The van der Waals surface area contributed by atoms with Crippen molar-refractivity contribution in [1.29, 1.82) is 0 Å². The Bertz CT molecular complexity index is 1150. The van der Waals surface area contributed by atoms with Gasteiger partial charge in [-0.25, -0.2) is 5.01 Å². The number of carbonyl (C=O) groups is 2. The largest absolute Gasteiger partial charge is 0.467 e. The molecule has 0 saturated carbocycles. The van der Waals surface area contributed by atoms with Gasteiger partial charge in [-0.15, -0.1) is 0 Å². The highest BCUT2D eigenvalue weighted by atomic mass is 35.5. The smallest absolute Gasteiger partial charge is 0.262 e. The maximum atomic E-state index is 13.1. The molecule has 1 aromatic heterocycles. The number of carbonyl (C=O) groups excluding carboxylic acids is 2. The first-order valence-corrected chi connectivity index (χ1v) is 10.7. The number of nitrogens with one attached hydrogen (secondary N) is 2. The van der Waals surface area contributed by atoms with Crippen LogP contribution in [-0.4, -0.2) is 42.8 Å². The second-order valence-electron chi connectivity index (χ2n) is 7.44. The molecule has 0 fully saturated rings. The van der Waals surface area contributed by atoms with Crippen LogP contribution >= 0.6 is 11.6 Å². The fourth-order valence-electron chi connectivity index (χ4n) is 3.55. The van der Waals surface area contributed by atoms with Crippen LogP contribution in [0.4, 0.5) is 11.4 Å². The standard InChI is InChI=1S/C24H23ClN4O4/c1-32-15-23(30)27-19-5-2-4-18(12-19)26-14-24(31)29-21(22-6-3-11-33-22)13-20(28-29)16-7-9-17(25)10-8-16/h2-12,21,26H,13-15H2,1H3,(H,27,30). The normalized spacial score (nSPS) is 15.3. The Morgan fingerprint density at radius 2 is 1.94 bits per heavy atom. The number of ether oxygens (including phenoxy) is 1. The van der Waals surface area contributed by atoms with E-state index in [1.54, 1.807) is 42.7 Å². The molecular weight excluding hydrogens is 444 g/mol. The summed E-state index contributed by atoms with van der Waals surface area (Å²) >= 11 is 6.00. The molecule has 2 amide bonds. The number of hydrazone groups is 1. The van der Waals surface area contributed by atoms with Crippen LogP contribution in [0.3, 0.4) is 0 Å². The zero-order valence-corrected chi connectivity index (χ0v) is 18.7. The molecule has 0 bridgehead atoms. The van der Waals surface area contributed by atoms with E-state index >= 15 is 0 Å². The number of hydrogen-bond donors (Lipinski definition) is 2. The van der Waals surface area contributed by atoms with Gasteiger partial charge in [-0.3, -0.25) is 9.59 Å². The van der Waals surface area contributed by atoms with Gasteiger partial charge in [0.05, 0.1) is 18.5 Å². The Morgan fingerprint density at radius 3 is 2.67 bits per heavy atom. The van der Waals surface area contributed by atoms with Crippen molar-refractivity contribution < 1.29 is 18.7 Å². The van der Waals surface area contributed by atoms with Gasteiger partial charge in [0.2, 0.25) is 5.91 Å². The van der Waals surface area contributed by atoms with Crippen molar-refractivity contribution in [1.82, 2.24) is 5.01 Å². The average molecular weight is 467 g/mol. The summed E-state index contributed by atoms with van der Waals surface area (Å²) in [6.07, 6.45) is 2.11. The van der Waals surface area contributed by atoms with E-state index in [0.29, 0.717) is 28.6 Å². The first kappa shape index (κ1) is 22.6. The number of methoxy groups -OCH3 is 1. The van der Waals surface area contributed by atoms with Crippen LogP contribution in [0.15, 0.2) is 76.4 Å². The number of furan rings is 1. The van der Waals surface area contributed by atoms with Crippen molar-refractivity contribution in [2.45, 2.75) is 12.5 Å². The lowest BCUT2D eigenvalue weighted by Gasteiger charge is -2.20. The summed E-state index contributed by atoms with van der Waals surface area (Å²) in [4.78, 5) is 24.8. The SMILES string of the molecule is COCC(=O)Nc1cccc(NCC(=O)N2N=C(c3ccc(Cl)cc3)CC2c2ccco2)c1. The minimum Gasteiger partial charge on any atom is -0.467 e. The fourth-order valence-corrected chi connectivity index (χ4v) is 3.68. The zero-order valence-electron chi connectivity index (χ0n) is 18.0. The Kier molecular flexibility index (Phi) is 7.07. The zero-order chi connectivity index (χ0) is 23.2. The molecule has 2 heterocycles. The molecule has 9 heteroatoms. The molecule has 8 nitrogen and oxygen atoms in total. The lowest BCUT2D eigenvalue weighted by molar-refractivity contribution is -0.131. The van der Waals surface area contributed by atoms with Gasteiger partial charge in [-0.1, -0.05) is 29.8 Å². The van der Waals surface area contributed by atoms with Crippen LogP contribution < -0.4 is 10.6 Å². The Labute approximate surface area is 196 Å². The van der Waals surface area contributed by atoms with E-state index in [-0.39, 0.29) is 31.0 Å². The molecule has 0 radical (unpaired) electrons. The number of amides is 2. The van der Waals surface area contributed by atoms with Gasteiger partial charge in [0, 0.05) is 29.9 Å². The molecule has 2 aromatic carbocycles. The molecule has 1 unspecified atom stereocenters.